The molecule has 0 saturated carbocycles. The minimum absolute atomic E-state index is 0.120. The molecule has 20 heavy (non-hydrogen) atoms. The van der Waals surface area contributed by atoms with Crippen LogP contribution in [-0.4, -0.2) is 23.9 Å². The maximum atomic E-state index is 12.9. The Balaban J connectivity index is 2.67. The molecule has 5 heteroatoms. The molecular formula is C15H21FN2O2. The van der Waals surface area contributed by atoms with Crippen molar-refractivity contribution in [3.63, 3.8) is 0 Å². The Morgan fingerprint density at radius 2 is 1.75 bits per heavy atom. The molecule has 1 rings (SSSR count). The van der Waals surface area contributed by atoms with E-state index in [2.05, 4.69) is 5.32 Å². The number of benzene rings is 1. The molecule has 0 atom stereocenters. The quantitative estimate of drug-likeness (QED) is 0.921. The molecule has 0 radical (unpaired) electrons. The van der Waals surface area contributed by atoms with Crippen LogP contribution in [0.4, 0.5) is 10.1 Å². The lowest BCUT2D eigenvalue weighted by molar-refractivity contribution is -0.122. The van der Waals surface area contributed by atoms with Gasteiger partial charge < -0.3 is 10.2 Å². The van der Waals surface area contributed by atoms with E-state index in [1.807, 2.05) is 20.8 Å². The molecule has 0 bridgehead atoms. The number of hydrogen-bond donors (Lipinski definition) is 1. The van der Waals surface area contributed by atoms with Gasteiger partial charge in [-0.25, -0.2) is 4.39 Å². The number of carbonyl (C=O) groups excluding carboxylic acids is 2. The fraction of sp³-hybridized carbons (Fsp3) is 0.467. The van der Waals surface area contributed by atoms with Crippen molar-refractivity contribution < 1.29 is 14.0 Å². The van der Waals surface area contributed by atoms with Crippen molar-refractivity contribution in [1.82, 2.24) is 5.32 Å². The van der Waals surface area contributed by atoms with Gasteiger partial charge in [-0.3, -0.25) is 9.59 Å². The van der Waals surface area contributed by atoms with E-state index in [-0.39, 0.29) is 36.1 Å². The maximum absolute atomic E-state index is 12.9. The second-order valence-electron chi connectivity index (χ2n) is 5.70. The van der Waals surface area contributed by atoms with Crippen LogP contribution < -0.4 is 10.2 Å². The predicted molar refractivity (Wildman–Crippen MR) is 76.9 cm³/mol. The van der Waals surface area contributed by atoms with Gasteiger partial charge in [-0.1, -0.05) is 0 Å². The largest absolute Gasteiger partial charge is 0.351 e. The first-order valence-corrected chi connectivity index (χ1v) is 6.54. The lowest BCUT2D eigenvalue weighted by atomic mass is 10.1. The number of hydrogen-bond acceptors (Lipinski definition) is 2. The summed E-state index contributed by atoms with van der Waals surface area (Å²) in [6.45, 7) is 7.38. The van der Waals surface area contributed by atoms with Crippen molar-refractivity contribution in [1.29, 1.82) is 0 Å². The standard InChI is InChI=1S/C15H21FN2O2/c1-11(19)18(13-7-5-12(16)6-8-13)10-9-14(20)17-15(2,3)4/h5-8H,9-10H2,1-4H3,(H,17,20). The summed E-state index contributed by atoms with van der Waals surface area (Å²) in [6.07, 6.45) is 0.203. The molecule has 4 nitrogen and oxygen atoms in total. The van der Waals surface area contributed by atoms with Crippen molar-refractivity contribution in [2.24, 2.45) is 0 Å². The molecular weight excluding hydrogens is 259 g/mol. The SMILES string of the molecule is CC(=O)N(CCC(=O)NC(C)(C)C)c1ccc(F)cc1. The smallest absolute Gasteiger partial charge is 0.223 e. The van der Waals surface area contributed by atoms with Gasteiger partial charge in [0, 0.05) is 31.1 Å². The van der Waals surface area contributed by atoms with Gasteiger partial charge in [0.15, 0.2) is 0 Å². The van der Waals surface area contributed by atoms with Gasteiger partial charge in [0.1, 0.15) is 5.82 Å². The van der Waals surface area contributed by atoms with Crippen molar-refractivity contribution in [2.75, 3.05) is 11.4 Å². The Morgan fingerprint density at radius 1 is 1.20 bits per heavy atom. The van der Waals surface area contributed by atoms with Gasteiger partial charge in [-0.15, -0.1) is 0 Å². The van der Waals surface area contributed by atoms with E-state index in [1.54, 1.807) is 0 Å². The van der Waals surface area contributed by atoms with Crippen LogP contribution in [-0.2, 0) is 9.59 Å². The highest BCUT2D eigenvalue weighted by Crippen LogP contribution is 2.15. The number of halogens is 1. The summed E-state index contributed by atoms with van der Waals surface area (Å²) in [5, 5.41) is 2.84. The summed E-state index contributed by atoms with van der Waals surface area (Å²) in [5.74, 6) is -0.659. The molecule has 110 valence electrons. The zero-order valence-corrected chi connectivity index (χ0v) is 12.4. The van der Waals surface area contributed by atoms with Crippen LogP contribution in [0.2, 0.25) is 0 Å². The molecule has 0 aromatic heterocycles. The fourth-order valence-corrected chi connectivity index (χ4v) is 1.78. The fourth-order valence-electron chi connectivity index (χ4n) is 1.78. The van der Waals surface area contributed by atoms with Gasteiger partial charge >= 0.3 is 0 Å². The normalized spacial score (nSPS) is 11.1. The number of anilines is 1. The van der Waals surface area contributed by atoms with E-state index in [0.717, 1.165) is 0 Å². The van der Waals surface area contributed by atoms with E-state index in [9.17, 15) is 14.0 Å². The number of amides is 2. The zero-order chi connectivity index (χ0) is 15.3. The minimum Gasteiger partial charge on any atom is -0.351 e. The third kappa shape index (κ3) is 5.38. The van der Waals surface area contributed by atoms with Crippen LogP contribution in [0.15, 0.2) is 24.3 Å². The molecule has 2 amide bonds. The second kappa shape index (κ2) is 6.50. The van der Waals surface area contributed by atoms with Crippen molar-refractivity contribution in [3.05, 3.63) is 30.1 Å². The molecule has 0 heterocycles. The molecule has 0 aliphatic carbocycles. The van der Waals surface area contributed by atoms with Gasteiger partial charge in [-0.2, -0.15) is 0 Å². The third-order valence-corrected chi connectivity index (χ3v) is 2.60. The average Bonchev–Trinajstić information content (AvgIpc) is 2.29. The van der Waals surface area contributed by atoms with Crippen LogP contribution in [0.1, 0.15) is 34.1 Å². The van der Waals surface area contributed by atoms with Gasteiger partial charge in [0.2, 0.25) is 11.8 Å². The highest BCUT2D eigenvalue weighted by Gasteiger charge is 2.17. The Kier molecular flexibility index (Phi) is 5.25. The van der Waals surface area contributed by atoms with Crippen LogP contribution in [0, 0.1) is 5.82 Å². The Hall–Kier alpha value is -1.91. The highest BCUT2D eigenvalue weighted by molar-refractivity contribution is 5.92. The number of rotatable bonds is 4. The molecule has 0 fully saturated rings. The Morgan fingerprint density at radius 3 is 2.20 bits per heavy atom. The van der Waals surface area contributed by atoms with E-state index >= 15 is 0 Å². The topological polar surface area (TPSA) is 49.4 Å². The first kappa shape index (κ1) is 16.1. The molecule has 1 aromatic carbocycles. The zero-order valence-electron chi connectivity index (χ0n) is 12.4. The Bertz CT molecular complexity index is 478. The molecule has 0 unspecified atom stereocenters. The van der Waals surface area contributed by atoms with Crippen LogP contribution in [0.5, 0.6) is 0 Å². The van der Waals surface area contributed by atoms with Crippen molar-refractivity contribution >= 4 is 17.5 Å². The highest BCUT2D eigenvalue weighted by atomic mass is 19.1. The van der Waals surface area contributed by atoms with E-state index < -0.39 is 0 Å². The Labute approximate surface area is 119 Å². The number of nitrogens with zero attached hydrogens (tertiary/aromatic N) is 1. The van der Waals surface area contributed by atoms with E-state index in [4.69, 9.17) is 0 Å². The summed E-state index contributed by atoms with van der Waals surface area (Å²) >= 11 is 0. The first-order valence-electron chi connectivity index (χ1n) is 6.54. The van der Waals surface area contributed by atoms with Gasteiger partial charge in [0.25, 0.3) is 0 Å². The molecule has 0 spiro atoms. The van der Waals surface area contributed by atoms with Crippen LogP contribution in [0.3, 0.4) is 0 Å². The van der Waals surface area contributed by atoms with Gasteiger partial charge in [-0.05, 0) is 45.0 Å². The van der Waals surface area contributed by atoms with Crippen LogP contribution >= 0.6 is 0 Å². The second-order valence-corrected chi connectivity index (χ2v) is 5.70. The third-order valence-electron chi connectivity index (χ3n) is 2.60. The lowest BCUT2D eigenvalue weighted by Gasteiger charge is -2.24. The molecule has 1 aromatic rings. The summed E-state index contributed by atoms with van der Waals surface area (Å²) in [7, 11) is 0. The summed E-state index contributed by atoms with van der Waals surface area (Å²) in [4.78, 5) is 24.8. The summed E-state index contributed by atoms with van der Waals surface area (Å²) in [6, 6.07) is 5.64. The molecule has 0 aliphatic rings. The first-order chi connectivity index (χ1) is 9.19. The lowest BCUT2D eigenvalue weighted by Crippen LogP contribution is -2.42. The van der Waals surface area contributed by atoms with Crippen molar-refractivity contribution in [3.8, 4) is 0 Å². The molecule has 1 N–H and O–H groups in total. The molecule has 0 saturated heterocycles. The molecule has 0 aliphatic heterocycles. The number of carbonyl (C=O) groups is 2. The average molecular weight is 280 g/mol. The monoisotopic (exact) mass is 280 g/mol. The van der Waals surface area contributed by atoms with Gasteiger partial charge in [0.05, 0.1) is 0 Å². The van der Waals surface area contributed by atoms with E-state index in [1.165, 1.54) is 36.1 Å². The number of nitrogens with one attached hydrogen (secondary N) is 1. The van der Waals surface area contributed by atoms with Crippen LogP contribution in [0.25, 0.3) is 0 Å². The summed E-state index contributed by atoms with van der Waals surface area (Å²) in [5.41, 5.74) is 0.288. The van der Waals surface area contributed by atoms with E-state index in [0.29, 0.717) is 5.69 Å². The maximum Gasteiger partial charge on any atom is 0.223 e. The van der Waals surface area contributed by atoms with Crippen molar-refractivity contribution in [2.45, 2.75) is 39.7 Å². The summed E-state index contributed by atoms with van der Waals surface area (Å²) < 4.78 is 12.9. The predicted octanol–water partition coefficient (Wildman–Crippen LogP) is 2.48. The minimum atomic E-state index is -0.359.